The van der Waals surface area contributed by atoms with Gasteiger partial charge in [-0.25, -0.2) is 4.85 Å². The first-order valence-corrected chi connectivity index (χ1v) is 13.8. The van der Waals surface area contributed by atoms with E-state index in [-0.39, 0.29) is 0 Å². The SMILES string of the molecule is [C-]#[N+]c1ccc2c(c1)c1cc(-c3cccc(-n4c5ccccc5c5ccccc54)c3)ccc1n2-c1ccc(C#N)cc1. The van der Waals surface area contributed by atoms with Gasteiger partial charge in [-0.15, -0.1) is 0 Å². The van der Waals surface area contributed by atoms with Crippen LogP contribution < -0.4 is 0 Å². The van der Waals surface area contributed by atoms with Gasteiger partial charge >= 0.3 is 0 Å². The normalized spacial score (nSPS) is 11.3. The Morgan fingerprint density at radius 2 is 1.10 bits per heavy atom. The quantitative estimate of drug-likeness (QED) is 0.208. The molecule has 194 valence electrons. The molecule has 0 bridgehead atoms. The maximum Gasteiger partial charge on any atom is 0.188 e. The molecular weight excluding hydrogens is 512 g/mol. The molecule has 2 heterocycles. The molecule has 8 aromatic rings. The first-order chi connectivity index (χ1) is 20.7. The van der Waals surface area contributed by atoms with Crippen LogP contribution in [-0.4, -0.2) is 9.13 Å². The Labute approximate surface area is 242 Å². The summed E-state index contributed by atoms with van der Waals surface area (Å²) < 4.78 is 4.54. The predicted octanol–water partition coefficient (Wildman–Crippen LogP) is 9.97. The molecule has 0 aliphatic rings. The highest BCUT2D eigenvalue weighted by Crippen LogP contribution is 2.38. The zero-order chi connectivity index (χ0) is 28.2. The van der Waals surface area contributed by atoms with E-state index in [1.165, 1.54) is 21.8 Å². The number of para-hydroxylation sites is 2. The van der Waals surface area contributed by atoms with Gasteiger partial charge in [0.1, 0.15) is 0 Å². The van der Waals surface area contributed by atoms with Crippen LogP contribution in [0.5, 0.6) is 0 Å². The summed E-state index contributed by atoms with van der Waals surface area (Å²) in [6.45, 7) is 7.61. The standard InChI is InChI=1S/C38H22N4/c1-40-28-16-20-38-34(23-28)33-22-27(15-19-37(33)41(38)29-17-13-25(24-39)14-18-29)26-7-6-8-30(21-26)42-35-11-4-2-9-31(35)32-10-3-5-12-36(32)42/h2-23H. The number of benzene rings is 6. The van der Waals surface area contributed by atoms with Gasteiger partial charge in [0.25, 0.3) is 0 Å². The molecule has 0 aliphatic heterocycles. The van der Waals surface area contributed by atoms with Crippen LogP contribution in [0.25, 0.3) is 71.0 Å². The summed E-state index contributed by atoms with van der Waals surface area (Å²) in [5, 5.41) is 13.9. The van der Waals surface area contributed by atoms with Crippen LogP contribution in [0.15, 0.2) is 133 Å². The minimum Gasteiger partial charge on any atom is -0.309 e. The lowest BCUT2D eigenvalue weighted by atomic mass is 10.0. The maximum atomic E-state index is 9.30. The van der Waals surface area contributed by atoms with E-state index in [4.69, 9.17) is 6.57 Å². The largest absolute Gasteiger partial charge is 0.309 e. The molecular formula is C38H22N4. The smallest absolute Gasteiger partial charge is 0.188 e. The summed E-state index contributed by atoms with van der Waals surface area (Å²) in [5.41, 5.74) is 10.0. The Morgan fingerprint density at radius 3 is 1.79 bits per heavy atom. The lowest BCUT2D eigenvalue weighted by molar-refractivity contribution is 1.18. The van der Waals surface area contributed by atoms with E-state index in [0.717, 1.165) is 44.3 Å². The minimum atomic E-state index is 0.611. The van der Waals surface area contributed by atoms with Crippen LogP contribution in [0.1, 0.15) is 5.56 Å². The van der Waals surface area contributed by atoms with E-state index in [1.807, 2.05) is 42.5 Å². The van der Waals surface area contributed by atoms with Crippen molar-refractivity contribution < 1.29 is 0 Å². The van der Waals surface area contributed by atoms with Crippen LogP contribution in [0.4, 0.5) is 5.69 Å². The van der Waals surface area contributed by atoms with Crippen molar-refractivity contribution in [1.29, 1.82) is 5.26 Å². The van der Waals surface area contributed by atoms with E-state index < -0.39 is 0 Å². The van der Waals surface area contributed by atoms with Gasteiger partial charge in [0.15, 0.2) is 5.69 Å². The van der Waals surface area contributed by atoms with Gasteiger partial charge in [-0.3, -0.25) is 0 Å². The van der Waals surface area contributed by atoms with Gasteiger partial charge in [-0.05, 0) is 89.3 Å². The number of hydrogen-bond acceptors (Lipinski definition) is 1. The first kappa shape index (κ1) is 23.8. The highest BCUT2D eigenvalue weighted by atomic mass is 15.0. The van der Waals surface area contributed by atoms with Crippen molar-refractivity contribution in [2.24, 2.45) is 0 Å². The lowest BCUT2D eigenvalue weighted by Crippen LogP contribution is -1.94. The molecule has 0 amide bonds. The topological polar surface area (TPSA) is 38.0 Å². The van der Waals surface area contributed by atoms with Crippen molar-refractivity contribution in [2.75, 3.05) is 0 Å². The van der Waals surface area contributed by atoms with Crippen molar-refractivity contribution in [1.82, 2.24) is 9.13 Å². The van der Waals surface area contributed by atoms with Gasteiger partial charge in [0.2, 0.25) is 0 Å². The molecule has 6 aromatic carbocycles. The Kier molecular flexibility index (Phi) is 5.22. The van der Waals surface area contributed by atoms with Gasteiger partial charge in [-0.2, -0.15) is 5.26 Å². The van der Waals surface area contributed by atoms with Crippen molar-refractivity contribution >= 4 is 49.3 Å². The average molecular weight is 535 g/mol. The van der Waals surface area contributed by atoms with E-state index in [1.54, 1.807) is 0 Å². The molecule has 0 N–H and O–H groups in total. The maximum absolute atomic E-state index is 9.30. The number of hydrogen-bond donors (Lipinski definition) is 0. The van der Waals surface area contributed by atoms with Crippen molar-refractivity contribution in [2.45, 2.75) is 0 Å². The van der Waals surface area contributed by atoms with E-state index >= 15 is 0 Å². The average Bonchev–Trinajstić information content (AvgIpc) is 3.57. The minimum absolute atomic E-state index is 0.611. The fourth-order valence-corrected chi connectivity index (χ4v) is 6.25. The van der Waals surface area contributed by atoms with Crippen LogP contribution in [0.3, 0.4) is 0 Å². The second kappa shape index (κ2) is 9.24. The second-order valence-corrected chi connectivity index (χ2v) is 10.5. The Bertz CT molecular complexity index is 2370. The van der Waals surface area contributed by atoms with E-state index in [9.17, 15) is 5.26 Å². The molecule has 0 unspecified atom stereocenters. The van der Waals surface area contributed by atoms with Crippen LogP contribution in [0, 0.1) is 17.9 Å². The second-order valence-electron chi connectivity index (χ2n) is 10.5. The van der Waals surface area contributed by atoms with Crippen molar-refractivity contribution in [3.8, 4) is 28.6 Å². The zero-order valence-corrected chi connectivity index (χ0v) is 22.5. The summed E-state index contributed by atoms with van der Waals surface area (Å²) >= 11 is 0. The Morgan fingerprint density at radius 1 is 0.500 bits per heavy atom. The fraction of sp³-hybridized carbons (Fsp3) is 0. The summed E-state index contributed by atoms with van der Waals surface area (Å²) in [7, 11) is 0. The number of nitrogens with zero attached hydrogens (tertiary/aromatic N) is 4. The predicted molar refractivity (Wildman–Crippen MR) is 172 cm³/mol. The Balaban J connectivity index is 1.34. The molecule has 0 spiro atoms. The van der Waals surface area contributed by atoms with Crippen molar-refractivity contribution in [3.05, 3.63) is 150 Å². The molecule has 0 saturated heterocycles. The third kappa shape index (κ3) is 3.53. The van der Waals surface area contributed by atoms with Gasteiger partial charge in [0, 0.05) is 27.5 Å². The zero-order valence-electron chi connectivity index (χ0n) is 22.5. The van der Waals surface area contributed by atoms with Crippen LogP contribution in [-0.2, 0) is 0 Å². The van der Waals surface area contributed by atoms with E-state index in [2.05, 4.69) is 111 Å². The molecule has 8 rings (SSSR count). The molecule has 0 atom stereocenters. The third-order valence-corrected chi connectivity index (χ3v) is 8.15. The number of aromatic nitrogens is 2. The lowest BCUT2D eigenvalue weighted by Gasteiger charge is -2.11. The number of fused-ring (bicyclic) bond motifs is 6. The summed E-state index contributed by atoms with van der Waals surface area (Å²) in [5.74, 6) is 0. The fourth-order valence-electron chi connectivity index (χ4n) is 6.25. The molecule has 0 aliphatic carbocycles. The third-order valence-electron chi connectivity index (χ3n) is 8.15. The summed E-state index contributed by atoms with van der Waals surface area (Å²) in [6.07, 6.45) is 0. The molecule has 4 heteroatoms. The highest BCUT2D eigenvalue weighted by molar-refractivity contribution is 6.12. The molecule has 2 aromatic heterocycles. The molecule has 0 fully saturated rings. The molecule has 42 heavy (non-hydrogen) atoms. The van der Waals surface area contributed by atoms with Crippen molar-refractivity contribution in [3.63, 3.8) is 0 Å². The summed E-state index contributed by atoms with van der Waals surface area (Å²) in [6, 6.07) is 48.1. The monoisotopic (exact) mass is 534 g/mol. The number of rotatable bonds is 3. The number of nitriles is 1. The van der Waals surface area contributed by atoms with Gasteiger partial charge in [0.05, 0.1) is 40.3 Å². The highest BCUT2D eigenvalue weighted by Gasteiger charge is 2.16. The summed E-state index contributed by atoms with van der Waals surface area (Å²) in [4.78, 5) is 3.70. The molecule has 0 radical (unpaired) electrons. The van der Waals surface area contributed by atoms with Crippen LogP contribution in [0.2, 0.25) is 0 Å². The van der Waals surface area contributed by atoms with Crippen LogP contribution >= 0.6 is 0 Å². The van der Waals surface area contributed by atoms with Gasteiger partial charge in [-0.1, -0.05) is 60.7 Å². The molecule has 0 saturated carbocycles. The van der Waals surface area contributed by atoms with E-state index in [0.29, 0.717) is 11.3 Å². The van der Waals surface area contributed by atoms with Gasteiger partial charge < -0.3 is 9.13 Å². The first-order valence-electron chi connectivity index (χ1n) is 13.8. The molecule has 4 nitrogen and oxygen atoms in total. The Hall–Kier alpha value is -6.10.